The summed E-state index contributed by atoms with van der Waals surface area (Å²) in [5.74, 6) is -2.60. The molecule has 0 aromatic heterocycles. The van der Waals surface area contributed by atoms with Gasteiger partial charge < -0.3 is 14.8 Å². The zero-order chi connectivity index (χ0) is 13.8. The van der Waals surface area contributed by atoms with Crippen LogP contribution in [-0.4, -0.2) is 17.7 Å². The van der Waals surface area contributed by atoms with Crippen LogP contribution in [0.15, 0.2) is 35.7 Å². The van der Waals surface area contributed by atoms with Crippen LogP contribution in [-0.2, 0) is 19.1 Å². The van der Waals surface area contributed by atoms with E-state index >= 15 is 0 Å². The van der Waals surface area contributed by atoms with Gasteiger partial charge in [0, 0.05) is 25.7 Å². The monoisotopic (exact) mass is 251 g/mol. The maximum Gasteiger partial charge on any atom is 0.350 e. The van der Waals surface area contributed by atoms with Gasteiger partial charge in [0.2, 0.25) is 0 Å². The third-order valence-electron chi connectivity index (χ3n) is 2.16. The minimum atomic E-state index is -1.21. The maximum absolute atomic E-state index is 11.6. The molecule has 0 atom stereocenters. The van der Waals surface area contributed by atoms with E-state index in [1.807, 2.05) is 19.9 Å². The van der Waals surface area contributed by atoms with E-state index in [1.165, 1.54) is 20.0 Å². The number of allylic oxidation sites excluding steroid dienone is 3. The van der Waals surface area contributed by atoms with Gasteiger partial charge in [0.1, 0.15) is 0 Å². The highest BCUT2D eigenvalue weighted by atomic mass is 16.7. The lowest BCUT2D eigenvalue weighted by Crippen LogP contribution is -2.42. The van der Waals surface area contributed by atoms with E-state index in [4.69, 9.17) is 9.47 Å². The predicted molar refractivity (Wildman–Crippen MR) is 66.1 cm³/mol. The van der Waals surface area contributed by atoms with Crippen LogP contribution < -0.4 is 5.32 Å². The number of nitrogens with one attached hydrogen (secondary N) is 1. The number of ether oxygens (including phenoxy) is 2. The Balaban J connectivity index is 2.84. The standard InChI is InChI=1S/C13H17NO4/c1-5-7-9(6-2)14-8-10-11(15)17-13(3,4)18-12(10)16/h5-8,14H,1-4H3/b7-5-,9-6+. The van der Waals surface area contributed by atoms with Gasteiger partial charge in [-0.2, -0.15) is 0 Å². The van der Waals surface area contributed by atoms with Crippen molar-refractivity contribution in [2.75, 3.05) is 0 Å². The molecule has 0 radical (unpaired) electrons. The maximum atomic E-state index is 11.6. The lowest BCUT2D eigenvalue weighted by Gasteiger charge is -2.29. The average Bonchev–Trinajstić information content (AvgIpc) is 2.24. The fourth-order valence-corrected chi connectivity index (χ4v) is 1.34. The van der Waals surface area contributed by atoms with Crippen LogP contribution in [0.1, 0.15) is 27.7 Å². The van der Waals surface area contributed by atoms with Gasteiger partial charge in [0.05, 0.1) is 0 Å². The largest absolute Gasteiger partial charge is 0.419 e. The first-order valence-corrected chi connectivity index (χ1v) is 5.62. The van der Waals surface area contributed by atoms with Crippen molar-refractivity contribution in [3.63, 3.8) is 0 Å². The van der Waals surface area contributed by atoms with Crippen LogP contribution in [0.25, 0.3) is 0 Å². The second-order valence-corrected chi connectivity index (χ2v) is 4.13. The Hall–Kier alpha value is -2.04. The third kappa shape index (κ3) is 3.48. The molecule has 1 saturated heterocycles. The summed E-state index contributed by atoms with van der Waals surface area (Å²) >= 11 is 0. The highest BCUT2D eigenvalue weighted by Gasteiger charge is 2.38. The first kappa shape index (κ1) is 14.0. The number of esters is 2. The molecule has 0 bridgehead atoms. The molecule has 0 saturated carbocycles. The molecule has 1 rings (SSSR count). The van der Waals surface area contributed by atoms with Crippen molar-refractivity contribution in [3.05, 3.63) is 35.7 Å². The molecule has 1 aliphatic rings. The van der Waals surface area contributed by atoms with Gasteiger partial charge in [-0.25, -0.2) is 9.59 Å². The van der Waals surface area contributed by atoms with Crippen LogP contribution >= 0.6 is 0 Å². The summed E-state index contributed by atoms with van der Waals surface area (Å²) in [6.45, 7) is 6.71. The Morgan fingerprint density at radius 1 is 1.17 bits per heavy atom. The molecule has 0 spiro atoms. The number of rotatable bonds is 3. The van der Waals surface area contributed by atoms with Crippen molar-refractivity contribution < 1.29 is 19.1 Å². The van der Waals surface area contributed by atoms with Crippen molar-refractivity contribution in [1.82, 2.24) is 5.32 Å². The zero-order valence-electron chi connectivity index (χ0n) is 10.9. The van der Waals surface area contributed by atoms with E-state index in [0.717, 1.165) is 5.70 Å². The summed E-state index contributed by atoms with van der Waals surface area (Å²) < 4.78 is 9.91. The van der Waals surface area contributed by atoms with Gasteiger partial charge in [0.25, 0.3) is 5.79 Å². The van der Waals surface area contributed by atoms with Crippen LogP contribution in [0.3, 0.4) is 0 Å². The fraction of sp³-hybridized carbons (Fsp3) is 0.385. The quantitative estimate of drug-likeness (QED) is 0.358. The first-order valence-electron chi connectivity index (χ1n) is 5.62. The molecule has 5 nitrogen and oxygen atoms in total. The Morgan fingerprint density at radius 2 is 1.72 bits per heavy atom. The number of carbonyl (C=O) groups is 2. The minimum Gasteiger partial charge on any atom is -0.419 e. The summed E-state index contributed by atoms with van der Waals surface area (Å²) in [7, 11) is 0. The highest BCUT2D eigenvalue weighted by Crippen LogP contribution is 2.22. The highest BCUT2D eigenvalue weighted by molar-refractivity contribution is 6.15. The Morgan fingerprint density at radius 3 is 2.17 bits per heavy atom. The van der Waals surface area contributed by atoms with E-state index in [1.54, 1.807) is 12.2 Å². The van der Waals surface area contributed by atoms with Crippen molar-refractivity contribution in [1.29, 1.82) is 0 Å². The average molecular weight is 251 g/mol. The second-order valence-electron chi connectivity index (χ2n) is 4.13. The third-order valence-corrected chi connectivity index (χ3v) is 2.16. The molecule has 0 aromatic rings. The number of cyclic esters (lactones) is 2. The van der Waals surface area contributed by atoms with Crippen molar-refractivity contribution >= 4 is 11.9 Å². The first-order chi connectivity index (χ1) is 8.39. The van der Waals surface area contributed by atoms with E-state index in [-0.39, 0.29) is 5.57 Å². The fourth-order valence-electron chi connectivity index (χ4n) is 1.34. The molecule has 1 heterocycles. The van der Waals surface area contributed by atoms with Gasteiger partial charge in [-0.15, -0.1) is 0 Å². The molecule has 0 aliphatic carbocycles. The summed E-state index contributed by atoms with van der Waals surface area (Å²) in [5, 5.41) is 2.84. The summed E-state index contributed by atoms with van der Waals surface area (Å²) in [4.78, 5) is 23.2. The zero-order valence-corrected chi connectivity index (χ0v) is 10.9. The molecular formula is C13H17NO4. The normalized spacial score (nSPS) is 19.6. The van der Waals surface area contributed by atoms with Crippen molar-refractivity contribution in [2.24, 2.45) is 0 Å². The molecular weight excluding hydrogens is 234 g/mol. The molecule has 1 fully saturated rings. The van der Waals surface area contributed by atoms with Crippen LogP contribution in [0, 0.1) is 0 Å². The molecule has 1 N–H and O–H groups in total. The number of carbonyl (C=O) groups excluding carboxylic acids is 2. The summed E-state index contributed by atoms with van der Waals surface area (Å²) in [6, 6.07) is 0. The smallest absolute Gasteiger partial charge is 0.350 e. The molecule has 98 valence electrons. The molecule has 0 amide bonds. The van der Waals surface area contributed by atoms with E-state index in [9.17, 15) is 9.59 Å². The van der Waals surface area contributed by atoms with Gasteiger partial charge in [0.15, 0.2) is 5.57 Å². The summed E-state index contributed by atoms with van der Waals surface area (Å²) in [5.41, 5.74) is 0.605. The lowest BCUT2D eigenvalue weighted by atomic mass is 10.2. The molecule has 5 heteroatoms. The van der Waals surface area contributed by atoms with Gasteiger partial charge in [-0.05, 0) is 19.9 Å². The van der Waals surface area contributed by atoms with E-state index in [2.05, 4.69) is 5.32 Å². The van der Waals surface area contributed by atoms with Crippen LogP contribution in [0.4, 0.5) is 0 Å². The minimum absolute atomic E-state index is 0.154. The second kappa shape index (κ2) is 5.53. The Kier molecular flexibility index (Phi) is 4.31. The Bertz CT molecular complexity index is 422. The lowest BCUT2D eigenvalue weighted by molar-refractivity contribution is -0.222. The van der Waals surface area contributed by atoms with Crippen molar-refractivity contribution in [2.45, 2.75) is 33.5 Å². The molecule has 1 aliphatic heterocycles. The number of hydrogen-bond donors (Lipinski definition) is 1. The Labute approximate surface area is 106 Å². The molecule has 0 unspecified atom stereocenters. The van der Waals surface area contributed by atoms with E-state index < -0.39 is 17.7 Å². The SMILES string of the molecule is C/C=C\C(=C/C)NC=C1C(=O)OC(C)(C)OC1=O. The van der Waals surface area contributed by atoms with Crippen LogP contribution in [0.5, 0.6) is 0 Å². The predicted octanol–water partition coefficient (Wildman–Crippen LogP) is 1.78. The van der Waals surface area contributed by atoms with Crippen LogP contribution in [0.2, 0.25) is 0 Å². The topological polar surface area (TPSA) is 64.6 Å². The van der Waals surface area contributed by atoms with Gasteiger partial charge in [-0.3, -0.25) is 0 Å². The van der Waals surface area contributed by atoms with Crippen molar-refractivity contribution in [3.8, 4) is 0 Å². The van der Waals surface area contributed by atoms with Gasteiger partial charge >= 0.3 is 11.9 Å². The molecule has 0 aromatic carbocycles. The summed E-state index contributed by atoms with van der Waals surface area (Å²) in [6.07, 6.45) is 6.73. The van der Waals surface area contributed by atoms with Gasteiger partial charge in [-0.1, -0.05) is 12.2 Å². The van der Waals surface area contributed by atoms with E-state index in [0.29, 0.717) is 0 Å². The molecule has 18 heavy (non-hydrogen) atoms. The number of hydrogen-bond acceptors (Lipinski definition) is 5.